The number of hydrogen-bond acceptors (Lipinski definition) is 2. The molecule has 0 radical (unpaired) electrons. The van der Waals surface area contributed by atoms with Crippen molar-refractivity contribution in [2.75, 3.05) is 24.3 Å². The second kappa shape index (κ2) is 8.68. The highest BCUT2D eigenvalue weighted by molar-refractivity contribution is 6.30. The number of halogens is 1. The summed E-state index contributed by atoms with van der Waals surface area (Å²) < 4.78 is 2.19. The molecule has 6 heteroatoms. The SMILES string of the molecule is CN(C)c1ccc([C@H]2c3cccn3-c3ccccc3CN2C(=O)Nc2ccc(Cl)cc2)cc1. The number of hydrogen-bond donors (Lipinski definition) is 1. The number of urea groups is 1. The van der Waals surface area contributed by atoms with E-state index in [1.165, 1.54) is 0 Å². The van der Waals surface area contributed by atoms with Gasteiger partial charge in [-0.05, 0) is 65.7 Å². The Morgan fingerprint density at radius 1 is 0.939 bits per heavy atom. The van der Waals surface area contributed by atoms with Crippen LogP contribution < -0.4 is 10.2 Å². The first-order valence-corrected chi connectivity index (χ1v) is 11.2. The van der Waals surface area contributed by atoms with Gasteiger partial charge >= 0.3 is 6.03 Å². The van der Waals surface area contributed by atoms with Crippen LogP contribution in [-0.2, 0) is 6.54 Å². The molecule has 1 aliphatic rings. The standard InChI is InChI=1S/C27H25ClN4O/c1-30(2)23-15-9-19(10-16-23)26-25-8-5-17-31(25)24-7-4-3-6-20(24)18-32(26)27(33)29-22-13-11-21(28)12-14-22/h3-17,26H,18H2,1-2H3,(H,29,33)/t26-/m0/s1. The second-order valence-electron chi connectivity index (χ2n) is 8.39. The zero-order valence-electron chi connectivity index (χ0n) is 18.6. The predicted molar refractivity (Wildman–Crippen MR) is 134 cm³/mol. The number of nitrogens with one attached hydrogen (secondary N) is 1. The van der Waals surface area contributed by atoms with Gasteiger partial charge in [-0.1, -0.05) is 41.9 Å². The van der Waals surface area contributed by atoms with E-state index in [0.717, 1.165) is 28.2 Å². The van der Waals surface area contributed by atoms with E-state index in [9.17, 15) is 4.79 Å². The van der Waals surface area contributed by atoms with E-state index in [-0.39, 0.29) is 12.1 Å². The van der Waals surface area contributed by atoms with E-state index in [1.54, 1.807) is 12.1 Å². The molecule has 1 atom stereocenters. The first kappa shape index (κ1) is 21.2. The summed E-state index contributed by atoms with van der Waals surface area (Å²) >= 11 is 6.03. The highest BCUT2D eigenvalue weighted by Gasteiger charge is 2.33. The number of rotatable bonds is 3. The van der Waals surface area contributed by atoms with Crippen LogP contribution in [0.25, 0.3) is 5.69 Å². The molecule has 1 aromatic heterocycles. The molecule has 5 nitrogen and oxygen atoms in total. The Morgan fingerprint density at radius 3 is 2.39 bits per heavy atom. The first-order chi connectivity index (χ1) is 16.0. The zero-order chi connectivity index (χ0) is 22.9. The highest BCUT2D eigenvalue weighted by Crippen LogP contribution is 2.37. The summed E-state index contributed by atoms with van der Waals surface area (Å²) in [5.41, 5.74) is 6.11. The fraction of sp³-hybridized carbons (Fsp3) is 0.148. The van der Waals surface area contributed by atoms with Gasteiger partial charge in [0.05, 0.1) is 18.3 Å². The van der Waals surface area contributed by atoms with Gasteiger partial charge in [0.15, 0.2) is 0 Å². The topological polar surface area (TPSA) is 40.5 Å². The number of amides is 2. The first-order valence-electron chi connectivity index (χ1n) is 10.9. The van der Waals surface area contributed by atoms with Crippen molar-refractivity contribution in [2.24, 2.45) is 0 Å². The van der Waals surface area contributed by atoms with Gasteiger partial charge in [0, 0.05) is 42.4 Å². The van der Waals surface area contributed by atoms with Crippen LogP contribution in [0, 0.1) is 0 Å². The fourth-order valence-electron chi connectivity index (χ4n) is 4.37. The third kappa shape index (κ3) is 4.08. The van der Waals surface area contributed by atoms with Crippen LogP contribution in [0.5, 0.6) is 0 Å². The molecule has 2 amide bonds. The van der Waals surface area contributed by atoms with Crippen molar-refractivity contribution in [3.05, 3.63) is 113 Å². The summed E-state index contributed by atoms with van der Waals surface area (Å²) in [6.45, 7) is 0.484. The molecule has 0 saturated heterocycles. The molecule has 166 valence electrons. The lowest BCUT2D eigenvalue weighted by Gasteiger charge is -2.31. The van der Waals surface area contributed by atoms with Gasteiger partial charge < -0.3 is 19.7 Å². The normalized spacial score (nSPS) is 14.8. The molecule has 5 rings (SSSR count). The summed E-state index contributed by atoms with van der Waals surface area (Å²) in [6, 6.07) is 27.5. The molecule has 2 heterocycles. The Hall–Kier alpha value is -3.70. The average Bonchev–Trinajstić information content (AvgIpc) is 3.25. The van der Waals surface area contributed by atoms with Crippen LogP contribution >= 0.6 is 11.6 Å². The van der Waals surface area contributed by atoms with Crippen LogP contribution in [0.2, 0.25) is 5.02 Å². The van der Waals surface area contributed by atoms with Crippen molar-refractivity contribution in [1.82, 2.24) is 9.47 Å². The Morgan fingerprint density at radius 2 is 1.67 bits per heavy atom. The number of nitrogens with zero attached hydrogens (tertiary/aromatic N) is 3. The third-order valence-electron chi connectivity index (χ3n) is 6.05. The minimum Gasteiger partial charge on any atom is -0.378 e. The van der Waals surface area contributed by atoms with E-state index in [2.05, 4.69) is 63.4 Å². The van der Waals surface area contributed by atoms with E-state index in [4.69, 9.17) is 11.6 Å². The van der Waals surface area contributed by atoms with Gasteiger partial charge in [0.1, 0.15) is 0 Å². The fourth-order valence-corrected chi connectivity index (χ4v) is 4.50. The molecule has 0 spiro atoms. The molecule has 1 aliphatic heterocycles. The van der Waals surface area contributed by atoms with Crippen LogP contribution in [-0.4, -0.2) is 29.6 Å². The van der Waals surface area contributed by atoms with E-state index >= 15 is 0 Å². The number of anilines is 2. The zero-order valence-corrected chi connectivity index (χ0v) is 19.3. The molecule has 0 unspecified atom stereocenters. The van der Waals surface area contributed by atoms with Crippen LogP contribution in [0.15, 0.2) is 91.1 Å². The summed E-state index contributed by atoms with van der Waals surface area (Å²) in [5, 5.41) is 3.69. The molecule has 1 N–H and O–H groups in total. The number of benzene rings is 3. The van der Waals surface area contributed by atoms with Crippen LogP contribution in [0.4, 0.5) is 16.2 Å². The average molecular weight is 457 g/mol. The second-order valence-corrected chi connectivity index (χ2v) is 8.82. The lowest BCUT2D eigenvalue weighted by molar-refractivity contribution is 0.194. The minimum absolute atomic E-state index is 0.163. The summed E-state index contributed by atoms with van der Waals surface area (Å²) in [5.74, 6) is 0. The Kier molecular flexibility index (Phi) is 5.56. The lowest BCUT2D eigenvalue weighted by atomic mass is 10.0. The van der Waals surface area contributed by atoms with E-state index in [0.29, 0.717) is 17.3 Å². The molecular formula is C27H25ClN4O. The third-order valence-corrected chi connectivity index (χ3v) is 6.30. The number of carbonyl (C=O) groups is 1. The highest BCUT2D eigenvalue weighted by atomic mass is 35.5. The molecule has 0 saturated carbocycles. The van der Waals surface area contributed by atoms with E-state index in [1.807, 2.05) is 49.3 Å². The van der Waals surface area contributed by atoms with Gasteiger partial charge in [-0.3, -0.25) is 0 Å². The molecular weight excluding hydrogens is 432 g/mol. The maximum Gasteiger partial charge on any atom is 0.322 e. The van der Waals surface area contributed by atoms with Gasteiger partial charge in [0.2, 0.25) is 0 Å². The van der Waals surface area contributed by atoms with Crippen molar-refractivity contribution in [3.8, 4) is 5.69 Å². The monoisotopic (exact) mass is 456 g/mol. The maximum atomic E-state index is 13.7. The Bertz CT molecular complexity index is 1280. The van der Waals surface area contributed by atoms with Gasteiger partial charge in [-0.25, -0.2) is 4.79 Å². The molecule has 0 bridgehead atoms. The number of carbonyl (C=O) groups excluding carboxylic acids is 1. The molecule has 3 aromatic carbocycles. The quantitative estimate of drug-likeness (QED) is 0.391. The maximum absolute atomic E-state index is 13.7. The van der Waals surface area contributed by atoms with Gasteiger partial charge in [0.25, 0.3) is 0 Å². The van der Waals surface area contributed by atoms with Crippen molar-refractivity contribution in [2.45, 2.75) is 12.6 Å². The van der Waals surface area contributed by atoms with Crippen LogP contribution in [0.1, 0.15) is 22.9 Å². The smallest absolute Gasteiger partial charge is 0.322 e. The summed E-state index contributed by atoms with van der Waals surface area (Å²) in [7, 11) is 4.04. The van der Waals surface area contributed by atoms with Crippen molar-refractivity contribution in [3.63, 3.8) is 0 Å². The number of fused-ring (bicyclic) bond motifs is 3. The largest absolute Gasteiger partial charge is 0.378 e. The summed E-state index contributed by atoms with van der Waals surface area (Å²) in [4.78, 5) is 17.6. The van der Waals surface area contributed by atoms with Crippen molar-refractivity contribution in [1.29, 1.82) is 0 Å². The van der Waals surface area contributed by atoms with Crippen LogP contribution in [0.3, 0.4) is 0 Å². The summed E-state index contributed by atoms with van der Waals surface area (Å²) in [6.07, 6.45) is 2.07. The number of para-hydroxylation sites is 1. The molecule has 0 aliphatic carbocycles. The number of aromatic nitrogens is 1. The Balaban J connectivity index is 1.61. The molecule has 4 aromatic rings. The predicted octanol–water partition coefficient (Wildman–Crippen LogP) is 6.33. The van der Waals surface area contributed by atoms with E-state index < -0.39 is 0 Å². The van der Waals surface area contributed by atoms with Gasteiger partial charge in [-0.2, -0.15) is 0 Å². The Labute approximate surface area is 198 Å². The minimum atomic E-state index is -0.254. The van der Waals surface area contributed by atoms with Crippen molar-refractivity contribution < 1.29 is 4.79 Å². The van der Waals surface area contributed by atoms with Gasteiger partial charge in [-0.15, -0.1) is 0 Å². The molecule has 33 heavy (non-hydrogen) atoms. The van der Waals surface area contributed by atoms with Crippen molar-refractivity contribution >= 4 is 29.0 Å². The lowest BCUT2D eigenvalue weighted by Crippen LogP contribution is -2.37. The molecule has 0 fully saturated rings.